The molecule has 2 aromatic heterocycles. The van der Waals surface area contributed by atoms with Crippen molar-refractivity contribution < 1.29 is 13.7 Å². The molecule has 2 rings (SSSR count). The molecule has 0 saturated heterocycles. The normalized spacial score (nSPS) is 11.5. The molecule has 2 aromatic rings. The number of aromatic nitrogens is 2. The first-order valence-corrected chi connectivity index (χ1v) is 8.56. The van der Waals surface area contributed by atoms with E-state index in [1.54, 1.807) is 13.3 Å². The van der Waals surface area contributed by atoms with Crippen molar-refractivity contribution in [2.75, 3.05) is 26.7 Å². The van der Waals surface area contributed by atoms with Crippen LogP contribution >= 0.6 is 24.0 Å². The summed E-state index contributed by atoms with van der Waals surface area (Å²) in [5.41, 5.74) is 0. The summed E-state index contributed by atoms with van der Waals surface area (Å²) in [4.78, 5) is 8.53. The SMILES string of the molecule is CN=C(NCCCOCc1ccco1)NCCc1nc(C(C)C)no1.I. The molecule has 0 radical (unpaired) electrons. The van der Waals surface area contributed by atoms with Crippen molar-refractivity contribution in [2.45, 2.75) is 39.2 Å². The van der Waals surface area contributed by atoms with Crippen LogP contribution < -0.4 is 10.6 Å². The Hall–Kier alpha value is -1.62. The lowest BCUT2D eigenvalue weighted by Gasteiger charge is -2.11. The maximum absolute atomic E-state index is 5.53. The van der Waals surface area contributed by atoms with Gasteiger partial charge >= 0.3 is 0 Å². The number of nitrogens with zero attached hydrogens (tertiary/aromatic N) is 3. The largest absolute Gasteiger partial charge is 0.467 e. The number of guanidine groups is 1. The van der Waals surface area contributed by atoms with Crippen LogP contribution in [-0.2, 0) is 17.8 Å². The second kappa shape index (κ2) is 12.7. The molecule has 0 amide bonds. The van der Waals surface area contributed by atoms with Gasteiger partial charge in [0.15, 0.2) is 11.8 Å². The Bertz CT molecular complexity index is 628. The summed E-state index contributed by atoms with van der Waals surface area (Å²) < 4.78 is 15.9. The zero-order valence-electron chi connectivity index (χ0n) is 15.5. The first-order chi connectivity index (χ1) is 12.2. The van der Waals surface area contributed by atoms with Crippen molar-refractivity contribution >= 4 is 29.9 Å². The van der Waals surface area contributed by atoms with Gasteiger partial charge in [-0.1, -0.05) is 19.0 Å². The van der Waals surface area contributed by atoms with Gasteiger partial charge in [0.1, 0.15) is 12.4 Å². The standard InChI is InChI=1S/C17H27N5O3.HI/c1-13(2)16-21-15(25-22-16)7-9-20-17(18-3)19-8-5-10-23-12-14-6-4-11-24-14;/h4,6,11,13H,5,7-10,12H2,1-3H3,(H2,18,19,20);1H. The topological polar surface area (TPSA) is 97.7 Å². The van der Waals surface area contributed by atoms with Crippen LogP contribution in [0.5, 0.6) is 0 Å². The minimum absolute atomic E-state index is 0. The molecule has 146 valence electrons. The fraction of sp³-hybridized carbons (Fsp3) is 0.588. The molecule has 26 heavy (non-hydrogen) atoms. The van der Waals surface area contributed by atoms with Crippen LogP contribution in [0.4, 0.5) is 0 Å². The van der Waals surface area contributed by atoms with E-state index in [-0.39, 0.29) is 29.9 Å². The van der Waals surface area contributed by atoms with E-state index in [0.717, 1.165) is 30.5 Å². The van der Waals surface area contributed by atoms with Crippen molar-refractivity contribution in [2.24, 2.45) is 4.99 Å². The zero-order chi connectivity index (χ0) is 17.9. The fourth-order valence-corrected chi connectivity index (χ4v) is 2.06. The predicted octanol–water partition coefficient (Wildman–Crippen LogP) is 2.72. The summed E-state index contributed by atoms with van der Waals surface area (Å²) >= 11 is 0. The van der Waals surface area contributed by atoms with Gasteiger partial charge in [-0.05, 0) is 18.6 Å². The Labute approximate surface area is 171 Å². The lowest BCUT2D eigenvalue weighted by atomic mass is 10.2. The van der Waals surface area contributed by atoms with Gasteiger partial charge in [0.2, 0.25) is 5.89 Å². The van der Waals surface area contributed by atoms with Gasteiger partial charge < -0.3 is 24.3 Å². The molecule has 0 spiro atoms. The number of aliphatic imine (C=N–C) groups is 1. The number of rotatable bonds is 10. The fourth-order valence-electron chi connectivity index (χ4n) is 2.06. The van der Waals surface area contributed by atoms with E-state index >= 15 is 0 Å². The summed E-state index contributed by atoms with van der Waals surface area (Å²) in [6.07, 6.45) is 3.18. The van der Waals surface area contributed by atoms with Crippen LogP contribution in [0.15, 0.2) is 32.3 Å². The number of ether oxygens (including phenoxy) is 1. The second-order valence-corrected chi connectivity index (χ2v) is 5.86. The molecule has 8 nitrogen and oxygen atoms in total. The van der Waals surface area contributed by atoms with E-state index in [0.29, 0.717) is 32.1 Å². The van der Waals surface area contributed by atoms with E-state index in [9.17, 15) is 0 Å². The van der Waals surface area contributed by atoms with Gasteiger partial charge in [-0.15, -0.1) is 24.0 Å². The smallest absolute Gasteiger partial charge is 0.228 e. The lowest BCUT2D eigenvalue weighted by Crippen LogP contribution is -2.39. The van der Waals surface area contributed by atoms with Crippen LogP contribution in [0.3, 0.4) is 0 Å². The quantitative estimate of drug-likeness (QED) is 0.235. The minimum atomic E-state index is 0. The Kier molecular flexibility index (Phi) is 10.9. The molecule has 0 aliphatic carbocycles. The average molecular weight is 477 g/mol. The summed E-state index contributed by atoms with van der Waals surface area (Å²) in [5, 5.41) is 10.4. The molecular weight excluding hydrogens is 449 g/mol. The predicted molar refractivity (Wildman–Crippen MR) is 110 cm³/mol. The van der Waals surface area contributed by atoms with Gasteiger partial charge in [0, 0.05) is 39.1 Å². The first kappa shape index (κ1) is 22.4. The lowest BCUT2D eigenvalue weighted by molar-refractivity contribution is 0.105. The van der Waals surface area contributed by atoms with Crippen LogP contribution in [0.2, 0.25) is 0 Å². The van der Waals surface area contributed by atoms with E-state index < -0.39 is 0 Å². The van der Waals surface area contributed by atoms with Gasteiger partial charge in [0.05, 0.1) is 6.26 Å². The molecule has 0 aliphatic heterocycles. The molecule has 0 unspecified atom stereocenters. The van der Waals surface area contributed by atoms with Gasteiger partial charge in [-0.2, -0.15) is 4.98 Å². The van der Waals surface area contributed by atoms with Crippen molar-refractivity contribution in [3.63, 3.8) is 0 Å². The Morgan fingerprint density at radius 1 is 1.31 bits per heavy atom. The number of halogens is 1. The third kappa shape index (κ3) is 8.17. The Morgan fingerprint density at radius 2 is 2.12 bits per heavy atom. The molecule has 0 saturated carbocycles. The van der Waals surface area contributed by atoms with Crippen molar-refractivity contribution in [1.29, 1.82) is 0 Å². The molecule has 0 atom stereocenters. The molecule has 2 N–H and O–H groups in total. The van der Waals surface area contributed by atoms with E-state index in [1.165, 1.54) is 0 Å². The number of nitrogens with one attached hydrogen (secondary N) is 2. The monoisotopic (exact) mass is 477 g/mol. The second-order valence-electron chi connectivity index (χ2n) is 5.86. The van der Waals surface area contributed by atoms with E-state index in [1.807, 2.05) is 26.0 Å². The van der Waals surface area contributed by atoms with Gasteiger partial charge in [-0.3, -0.25) is 4.99 Å². The molecule has 0 aliphatic rings. The maximum Gasteiger partial charge on any atom is 0.228 e. The highest BCUT2D eigenvalue weighted by atomic mass is 127. The van der Waals surface area contributed by atoms with Crippen LogP contribution in [0, 0.1) is 0 Å². The first-order valence-electron chi connectivity index (χ1n) is 8.56. The Morgan fingerprint density at radius 3 is 2.77 bits per heavy atom. The zero-order valence-corrected chi connectivity index (χ0v) is 17.9. The van der Waals surface area contributed by atoms with Crippen molar-refractivity contribution in [1.82, 2.24) is 20.8 Å². The van der Waals surface area contributed by atoms with Crippen LogP contribution in [0.1, 0.15) is 43.7 Å². The van der Waals surface area contributed by atoms with Crippen LogP contribution in [-0.4, -0.2) is 42.8 Å². The summed E-state index contributed by atoms with van der Waals surface area (Å²) in [5.74, 6) is 3.24. The summed E-state index contributed by atoms with van der Waals surface area (Å²) in [6, 6.07) is 3.76. The summed E-state index contributed by atoms with van der Waals surface area (Å²) in [6.45, 7) is 6.69. The van der Waals surface area contributed by atoms with Gasteiger partial charge in [-0.25, -0.2) is 0 Å². The molecule has 9 heteroatoms. The molecular formula is C17H28IN5O3. The highest BCUT2D eigenvalue weighted by Gasteiger charge is 2.09. The van der Waals surface area contributed by atoms with Crippen molar-refractivity contribution in [3.05, 3.63) is 35.9 Å². The Balaban J connectivity index is 0.00000338. The number of hydrogen-bond acceptors (Lipinski definition) is 6. The molecule has 2 heterocycles. The highest BCUT2D eigenvalue weighted by molar-refractivity contribution is 14.0. The maximum atomic E-state index is 5.53. The number of furan rings is 1. The third-order valence-corrected chi connectivity index (χ3v) is 3.44. The summed E-state index contributed by atoms with van der Waals surface area (Å²) in [7, 11) is 1.74. The average Bonchev–Trinajstić information content (AvgIpc) is 3.28. The molecule has 0 aromatic carbocycles. The third-order valence-electron chi connectivity index (χ3n) is 3.44. The molecule has 0 fully saturated rings. The number of hydrogen-bond donors (Lipinski definition) is 2. The van der Waals surface area contributed by atoms with E-state index in [4.69, 9.17) is 13.7 Å². The van der Waals surface area contributed by atoms with Crippen LogP contribution in [0.25, 0.3) is 0 Å². The molecule has 0 bridgehead atoms. The van der Waals surface area contributed by atoms with Crippen molar-refractivity contribution in [3.8, 4) is 0 Å². The van der Waals surface area contributed by atoms with Gasteiger partial charge in [0.25, 0.3) is 0 Å². The highest BCUT2D eigenvalue weighted by Crippen LogP contribution is 2.09. The minimum Gasteiger partial charge on any atom is -0.467 e. The van der Waals surface area contributed by atoms with E-state index in [2.05, 4.69) is 25.8 Å².